The number of oxime groups is 1. The minimum Gasteiger partial charge on any atom is -0.409 e. The Morgan fingerprint density at radius 3 is 2.67 bits per heavy atom. The molecular formula is C12H23N3O2S. The predicted octanol–water partition coefficient (Wildman–Crippen LogP) is 1.55. The van der Waals surface area contributed by atoms with Crippen molar-refractivity contribution in [1.29, 1.82) is 0 Å². The molecule has 1 atom stereocenters. The molecule has 0 radical (unpaired) electrons. The van der Waals surface area contributed by atoms with E-state index in [0.717, 1.165) is 19.3 Å². The molecule has 104 valence electrons. The lowest BCUT2D eigenvalue weighted by Crippen LogP contribution is -2.48. The summed E-state index contributed by atoms with van der Waals surface area (Å²) in [7, 11) is 0. The van der Waals surface area contributed by atoms with Crippen LogP contribution in [-0.4, -0.2) is 35.0 Å². The topological polar surface area (TPSA) is 87.7 Å². The minimum atomic E-state index is -0.780. The van der Waals surface area contributed by atoms with Gasteiger partial charge < -0.3 is 16.3 Å². The predicted molar refractivity (Wildman–Crippen MR) is 74.9 cm³/mol. The molecule has 6 heteroatoms. The molecule has 5 nitrogen and oxygen atoms in total. The highest BCUT2D eigenvalue weighted by molar-refractivity contribution is 7.99. The molecule has 0 aromatic heterocycles. The number of hydrogen-bond acceptors (Lipinski definition) is 4. The third-order valence-corrected chi connectivity index (χ3v) is 4.77. The largest absolute Gasteiger partial charge is 0.409 e. The number of carbonyl (C=O) groups excluding carboxylic acids is 1. The van der Waals surface area contributed by atoms with E-state index >= 15 is 0 Å². The van der Waals surface area contributed by atoms with Crippen molar-refractivity contribution in [3.05, 3.63) is 0 Å². The average molecular weight is 273 g/mol. The first-order valence-electron chi connectivity index (χ1n) is 6.36. The summed E-state index contributed by atoms with van der Waals surface area (Å²) in [5.41, 5.74) is 4.93. The van der Waals surface area contributed by atoms with Gasteiger partial charge in [-0.1, -0.05) is 24.9 Å². The number of thioether (sulfide) groups is 1. The van der Waals surface area contributed by atoms with Gasteiger partial charge in [0.25, 0.3) is 0 Å². The van der Waals surface area contributed by atoms with Crippen LogP contribution in [0.15, 0.2) is 5.16 Å². The van der Waals surface area contributed by atoms with Crippen molar-refractivity contribution in [1.82, 2.24) is 5.32 Å². The fraction of sp³-hybridized carbons (Fsp3) is 0.833. The van der Waals surface area contributed by atoms with Gasteiger partial charge >= 0.3 is 0 Å². The van der Waals surface area contributed by atoms with Crippen LogP contribution in [0, 0.1) is 5.41 Å². The van der Waals surface area contributed by atoms with E-state index in [2.05, 4.69) is 23.7 Å². The van der Waals surface area contributed by atoms with Crippen molar-refractivity contribution < 1.29 is 10.0 Å². The molecule has 0 aliphatic heterocycles. The van der Waals surface area contributed by atoms with E-state index in [0.29, 0.717) is 24.6 Å². The fourth-order valence-electron chi connectivity index (χ4n) is 2.35. The molecule has 1 aliphatic carbocycles. The molecule has 0 heterocycles. The molecule has 0 aromatic rings. The van der Waals surface area contributed by atoms with Crippen molar-refractivity contribution in [3.63, 3.8) is 0 Å². The second-order valence-electron chi connectivity index (χ2n) is 4.87. The summed E-state index contributed by atoms with van der Waals surface area (Å²) in [4.78, 5) is 12.2. The Morgan fingerprint density at radius 2 is 2.17 bits per heavy atom. The molecular weight excluding hydrogens is 250 g/mol. The van der Waals surface area contributed by atoms with E-state index in [4.69, 9.17) is 10.9 Å². The molecule has 1 amide bonds. The zero-order valence-corrected chi connectivity index (χ0v) is 11.9. The summed E-state index contributed by atoms with van der Waals surface area (Å²) in [6, 6.07) is 0. The van der Waals surface area contributed by atoms with E-state index in [9.17, 15) is 4.79 Å². The highest BCUT2D eigenvalue weighted by Gasteiger charge is 2.45. The number of nitrogens with zero attached hydrogens (tertiary/aromatic N) is 1. The number of amidine groups is 1. The van der Waals surface area contributed by atoms with E-state index in [1.54, 1.807) is 11.8 Å². The summed E-state index contributed by atoms with van der Waals surface area (Å²) in [5.74, 6) is -0.0426. The van der Waals surface area contributed by atoms with Crippen LogP contribution in [0.4, 0.5) is 0 Å². The Kier molecular flexibility index (Phi) is 5.78. The van der Waals surface area contributed by atoms with Gasteiger partial charge in [-0.05, 0) is 25.5 Å². The van der Waals surface area contributed by atoms with Crippen molar-refractivity contribution in [2.24, 2.45) is 16.3 Å². The maximum absolute atomic E-state index is 12.2. The molecule has 18 heavy (non-hydrogen) atoms. The highest BCUT2D eigenvalue weighted by atomic mass is 32.2. The lowest BCUT2D eigenvalue weighted by Gasteiger charge is -2.26. The van der Waals surface area contributed by atoms with Crippen molar-refractivity contribution in [2.75, 3.05) is 12.8 Å². The highest BCUT2D eigenvalue weighted by Crippen LogP contribution is 2.38. The standard InChI is InChI=1S/C12H23N3O2S/c1-9(18-2)5-8-14-11(16)12(10(13)15-17)6-3-4-7-12/h9,17H,3-8H2,1-2H3,(H2,13,15)(H,14,16). The van der Waals surface area contributed by atoms with Crippen LogP contribution < -0.4 is 11.1 Å². The summed E-state index contributed by atoms with van der Waals surface area (Å²) in [5, 5.41) is 15.3. The Hall–Kier alpha value is -0.910. The van der Waals surface area contributed by atoms with Gasteiger partial charge in [0.1, 0.15) is 5.41 Å². The molecule has 1 unspecified atom stereocenters. The third kappa shape index (κ3) is 3.31. The van der Waals surface area contributed by atoms with Gasteiger partial charge in [0.05, 0.1) is 0 Å². The van der Waals surface area contributed by atoms with Gasteiger partial charge in [0.15, 0.2) is 5.84 Å². The van der Waals surface area contributed by atoms with Crippen LogP contribution in [0.25, 0.3) is 0 Å². The van der Waals surface area contributed by atoms with Gasteiger partial charge in [-0.15, -0.1) is 0 Å². The smallest absolute Gasteiger partial charge is 0.233 e. The molecule has 0 aromatic carbocycles. The van der Waals surface area contributed by atoms with Crippen LogP contribution in [-0.2, 0) is 4.79 Å². The normalized spacial score (nSPS) is 20.7. The summed E-state index contributed by atoms with van der Waals surface area (Å²) in [6.45, 7) is 2.77. The lowest BCUT2D eigenvalue weighted by atomic mass is 9.84. The third-order valence-electron chi connectivity index (χ3n) is 3.73. The van der Waals surface area contributed by atoms with Gasteiger partial charge in [-0.2, -0.15) is 11.8 Å². The molecule has 4 N–H and O–H groups in total. The first-order chi connectivity index (χ1) is 8.56. The van der Waals surface area contributed by atoms with Crippen molar-refractivity contribution in [2.45, 2.75) is 44.3 Å². The second kappa shape index (κ2) is 6.87. The number of rotatable bonds is 6. The lowest BCUT2D eigenvalue weighted by molar-refractivity contribution is -0.127. The van der Waals surface area contributed by atoms with Crippen LogP contribution in [0.3, 0.4) is 0 Å². The second-order valence-corrected chi connectivity index (χ2v) is 6.14. The zero-order chi connectivity index (χ0) is 13.6. The molecule has 1 aliphatic rings. The zero-order valence-electron chi connectivity index (χ0n) is 11.1. The van der Waals surface area contributed by atoms with Gasteiger partial charge in [0, 0.05) is 11.8 Å². The quantitative estimate of drug-likeness (QED) is 0.296. The average Bonchev–Trinajstić information content (AvgIpc) is 2.88. The van der Waals surface area contributed by atoms with Crippen molar-refractivity contribution >= 4 is 23.5 Å². The van der Waals surface area contributed by atoms with E-state index in [1.165, 1.54) is 0 Å². The monoisotopic (exact) mass is 273 g/mol. The first-order valence-corrected chi connectivity index (χ1v) is 7.64. The van der Waals surface area contributed by atoms with Crippen LogP contribution in [0.2, 0.25) is 0 Å². The maximum atomic E-state index is 12.2. The number of amides is 1. The number of nitrogens with two attached hydrogens (primary N) is 1. The molecule has 1 rings (SSSR count). The van der Waals surface area contributed by atoms with Crippen LogP contribution >= 0.6 is 11.8 Å². The number of nitrogens with one attached hydrogen (secondary N) is 1. The maximum Gasteiger partial charge on any atom is 0.233 e. The Labute approximate surface area is 113 Å². The molecule has 0 saturated heterocycles. The van der Waals surface area contributed by atoms with Crippen LogP contribution in [0.1, 0.15) is 39.0 Å². The van der Waals surface area contributed by atoms with Gasteiger partial charge in [-0.25, -0.2) is 0 Å². The number of hydrogen-bond donors (Lipinski definition) is 3. The molecule has 1 saturated carbocycles. The summed E-state index contributed by atoms with van der Waals surface area (Å²) in [6.07, 6.45) is 6.23. The molecule has 1 fully saturated rings. The fourth-order valence-corrected chi connectivity index (χ4v) is 2.70. The Morgan fingerprint density at radius 1 is 1.56 bits per heavy atom. The van der Waals surface area contributed by atoms with Gasteiger partial charge in [0.2, 0.25) is 5.91 Å². The summed E-state index contributed by atoms with van der Waals surface area (Å²) < 4.78 is 0. The molecule has 0 bridgehead atoms. The van der Waals surface area contributed by atoms with Crippen molar-refractivity contribution in [3.8, 4) is 0 Å². The van der Waals surface area contributed by atoms with E-state index < -0.39 is 5.41 Å². The first kappa shape index (κ1) is 15.1. The SMILES string of the molecule is CSC(C)CCNC(=O)C1(C(N)=NO)CCCC1. The summed E-state index contributed by atoms with van der Waals surface area (Å²) >= 11 is 1.78. The number of carbonyl (C=O) groups is 1. The van der Waals surface area contributed by atoms with Gasteiger partial charge in [-0.3, -0.25) is 4.79 Å². The van der Waals surface area contributed by atoms with E-state index in [-0.39, 0.29) is 11.7 Å². The van der Waals surface area contributed by atoms with E-state index in [1.807, 2.05) is 0 Å². The minimum absolute atomic E-state index is 0.0513. The van der Waals surface area contributed by atoms with Crippen LogP contribution in [0.5, 0.6) is 0 Å². The molecule has 0 spiro atoms. The Balaban J connectivity index is 2.57. The Bertz CT molecular complexity index is 314.